The first-order valence-corrected chi connectivity index (χ1v) is 5.87. The third-order valence-corrected chi connectivity index (χ3v) is 3.45. The first-order valence-electron chi connectivity index (χ1n) is 5.87. The lowest BCUT2D eigenvalue weighted by Gasteiger charge is -2.26. The van der Waals surface area contributed by atoms with E-state index in [1.165, 1.54) is 0 Å². The van der Waals surface area contributed by atoms with Crippen molar-refractivity contribution in [3.05, 3.63) is 40.8 Å². The quantitative estimate of drug-likeness (QED) is 0.806. The van der Waals surface area contributed by atoms with E-state index in [1.54, 1.807) is 16.7 Å². The fourth-order valence-electron chi connectivity index (χ4n) is 1.91. The average Bonchev–Trinajstić information content (AvgIpc) is 2.28. The Morgan fingerprint density at radius 1 is 1.29 bits per heavy atom. The number of benzene rings is 1. The Morgan fingerprint density at radius 3 is 2.65 bits per heavy atom. The Morgan fingerprint density at radius 2 is 2.00 bits per heavy atom. The van der Waals surface area contributed by atoms with Crippen molar-refractivity contribution in [3.63, 3.8) is 0 Å². The summed E-state index contributed by atoms with van der Waals surface area (Å²) in [4.78, 5) is 12.4. The first-order chi connectivity index (χ1) is 7.95. The molecule has 0 saturated carbocycles. The highest BCUT2D eigenvalue weighted by Crippen LogP contribution is 2.20. The third-order valence-electron chi connectivity index (χ3n) is 3.45. The summed E-state index contributed by atoms with van der Waals surface area (Å²) in [5, 5.41) is 1.63. The van der Waals surface area contributed by atoms with E-state index in [9.17, 15) is 4.79 Å². The largest absolute Gasteiger partial charge is 0.399 e. The van der Waals surface area contributed by atoms with Gasteiger partial charge in [-0.25, -0.2) is 0 Å². The minimum atomic E-state index is -0.160. The summed E-state index contributed by atoms with van der Waals surface area (Å²) in [6, 6.07) is 7.35. The molecule has 0 saturated heterocycles. The Bertz CT molecular complexity index is 611. The maximum Gasteiger partial charge on any atom is 0.258 e. The van der Waals surface area contributed by atoms with Gasteiger partial charge in [-0.2, -0.15) is 0 Å². The lowest BCUT2D eigenvalue weighted by Crippen LogP contribution is -2.35. The molecule has 1 aromatic carbocycles. The van der Waals surface area contributed by atoms with Crippen LogP contribution in [0, 0.1) is 0 Å². The molecule has 0 unspecified atom stereocenters. The normalized spacial score (nSPS) is 11.9. The second kappa shape index (κ2) is 3.91. The van der Waals surface area contributed by atoms with Crippen molar-refractivity contribution < 1.29 is 0 Å². The van der Waals surface area contributed by atoms with Gasteiger partial charge >= 0.3 is 0 Å². The maximum atomic E-state index is 12.4. The van der Waals surface area contributed by atoms with Crippen molar-refractivity contribution in [1.29, 1.82) is 0 Å². The molecule has 0 radical (unpaired) electrons. The predicted octanol–water partition coefficient (Wildman–Crippen LogP) is 2.73. The zero-order chi connectivity index (χ0) is 12.6. The molecule has 0 amide bonds. The number of nitrogens with zero attached hydrogens (tertiary/aromatic N) is 1. The van der Waals surface area contributed by atoms with Gasteiger partial charge in [0.2, 0.25) is 0 Å². The number of aromatic nitrogens is 1. The highest BCUT2D eigenvalue weighted by molar-refractivity contribution is 5.84. The molecular weight excluding hydrogens is 212 g/mol. The standard InChI is InChI=1S/C14H18N2O/c1-4-14(2,3)16-8-7-10-9-11(15)5-6-12(10)13(16)17/h5-9H,4,15H2,1-3H3. The van der Waals surface area contributed by atoms with Crippen LogP contribution in [0.15, 0.2) is 35.3 Å². The Balaban J connectivity index is 2.75. The summed E-state index contributed by atoms with van der Waals surface area (Å²) in [5.41, 5.74) is 6.29. The molecule has 90 valence electrons. The van der Waals surface area contributed by atoms with E-state index in [0.29, 0.717) is 5.69 Å². The van der Waals surface area contributed by atoms with Gasteiger partial charge in [0.25, 0.3) is 5.56 Å². The van der Waals surface area contributed by atoms with E-state index in [1.807, 2.05) is 18.3 Å². The van der Waals surface area contributed by atoms with Crippen LogP contribution in [0.2, 0.25) is 0 Å². The summed E-state index contributed by atoms with van der Waals surface area (Å²) in [6.45, 7) is 6.22. The van der Waals surface area contributed by atoms with E-state index in [2.05, 4.69) is 20.8 Å². The minimum Gasteiger partial charge on any atom is -0.399 e. The van der Waals surface area contributed by atoms with Crippen LogP contribution < -0.4 is 11.3 Å². The summed E-state index contributed by atoms with van der Waals surface area (Å²) in [5.74, 6) is 0. The van der Waals surface area contributed by atoms with Crippen molar-refractivity contribution in [2.75, 3.05) is 5.73 Å². The molecule has 1 heterocycles. The molecule has 2 aromatic rings. The molecule has 0 fully saturated rings. The van der Waals surface area contributed by atoms with Crippen molar-refractivity contribution in [3.8, 4) is 0 Å². The lowest BCUT2D eigenvalue weighted by molar-refractivity contribution is 0.333. The molecule has 17 heavy (non-hydrogen) atoms. The number of nitrogen functional groups attached to an aromatic ring is 1. The molecule has 3 nitrogen and oxygen atoms in total. The number of anilines is 1. The molecule has 2 N–H and O–H groups in total. The number of rotatable bonds is 2. The van der Waals surface area contributed by atoms with Crippen LogP contribution >= 0.6 is 0 Å². The van der Waals surface area contributed by atoms with E-state index in [-0.39, 0.29) is 11.1 Å². The summed E-state index contributed by atoms with van der Waals surface area (Å²) in [7, 11) is 0. The second-order valence-corrected chi connectivity index (χ2v) is 5.00. The Labute approximate surface area is 101 Å². The average molecular weight is 230 g/mol. The van der Waals surface area contributed by atoms with Crippen LogP contribution in [-0.4, -0.2) is 4.57 Å². The Kier molecular flexibility index (Phi) is 2.69. The lowest BCUT2D eigenvalue weighted by atomic mass is 10.0. The van der Waals surface area contributed by atoms with Gasteiger partial charge in [0.1, 0.15) is 0 Å². The Hall–Kier alpha value is -1.77. The second-order valence-electron chi connectivity index (χ2n) is 5.00. The molecule has 3 heteroatoms. The van der Waals surface area contributed by atoms with Gasteiger partial charge in [0, 0.05) is 22.8 Å². The third kappa shape index (κ3) is 1.93. The van der Waals surface area contributed by atoms with Crippen LogP contribution in [0.3, 0.4) is 0 Å². The number of pyridine rings is 1. The van der Waals surface area contributed by atoms with E-state index in [4.69, 9.17) is 5.73 Å². The van der Waals surface area contributed by atoms with Gasteiger partial charge in [-0.15, -0.1) is 0 Å². The molecule has 2 rings (SSSR count). The van der Waals surface area contributed by atoms with Crippen molar-refractivity contribution in [2.45, 2.75) is 32.7 Å². The number of hydrogen-bond donors (Lipinski definition) is 1. The van der Waals surface area contributed by atoms with Gasteiger partial charge in [-0.3, -0.25) is 4.79 Å². The van der Waals surface area contributed by atoms with Gasteiger partial charge in [-0.05, 0) is 49.9 Å². The van der Waals surface area contributed by atoms with Crippen LogP contribution in [0.25, 0.3) is 10.8 Å². The highest BCUT2D eigenvalue weighted by Gasteiger charge is 2.19. The topological polar surface area (TPSA) is 48.0 Å². The monoisotopic (exact) mass is 230 g/mol. The highest BCUT2D eigenvalue weighted by atomic mass is 16.1. The molecule has 1 aromatic heterocycles. The minimum absolute atomic E-state index is 0.0503. The van der Waals surface area contributed by atoms with Crippen LogP contribution in [0.4, 0.5) is 5.69 Å². The molecule has 0 aliphatic rings. The zero-order valence-corrected chi connectivity index (χ0v) is 10.5. The molecule has 0 atom stereocenters. The maximum absolute atomic E-state index is 12.4. The summed E-state index contributed by atoms with van der Waals surface area (Å²) in [6.07, 6.45) is 2.76. The molecule has 0 aliphatic heterocycles. The summed E-state index contributed by atoms with van der Waals surface area (Å²) < 4.78 is 1.80. The molecule has 0 aliphatic carbocycles. The molecule has 0 spiro atoms. The molecular formula is C14H18N2O. The fourth-order valence-corrected chi connectivity index (χ4v) is 1.91. The van der Waals surface area contributed by atoms with Gasteiger partial charge in [-0.1, -0.05) is 6.92 Å². The summed E-state index contributed by atoms with van der Waals surface area (Å²) >= 11 is 0. The van der Waals surface area contributed by atoms with Crippen LogP contribution in [0.5, 0.6) is 0 Å². The van der Waals surface area contributed by atoms with E-state index >= 15 is 0 Å². The fraction of sp³-hybridized carbons (Fsp3) is 0.357. The zero-order valence-electron chi connectivity index (χ0n) is 10.5. The van der Waals surface area contributed by atoms with Gasteiger partial charge in [0.05, 0.1) is 0 Å². The van der Waals surface area contributed by atoms with Crippen molar-refractivity contribution in [2.24, 2.45) is 0 Å². The van der Waals surface area contributed by atoms with E-state index < -0.39 is 0 Å². The number of nitrogens with two attached hydrogens (primary N) is 1. The number of hydrogen-bond acceptors (Lipinski definition) is 2. The number of fused-ring (bicyclic) bond motifs is 1. The van der Waals surface area contributed by atoms with Gasteiger partial charge < -0.3 is 10.3 Å². The van der Waals surface area contributed by atoms with Crippen molar-refractivity contribution >= 4 is 16.5 Å². The smallest absolute Gasteiger partial charge is 0.258 e. The van der Waals surface area contributed by atoms with E-state index in [0.717, 1.165) is 17.2 Å². The predicted molar refractivity (Wildman–Crippen MR) is 72.2 cm³/mol. The first kappa shape index (κ1) is 11.7. The van der Waals surface area contributed by atoms with Gasteiger partial charge in [0.15, 0.2) is 0 Å². The van der Waals surface area contributed by atoms with Crippen LogP contribution in [-0.2, 0) is 5.54 Å². The van der Waals surface area contributed by atoms with Crippen LogP contribution in [0.1, 0.15) is 27.2 Å². The SMILES string of the molecule is CCC(C)(C)n1ccc2cc(N)ccc2c1=O. The molecule has 0 bridgehead atoms. The van der Waals surface area contributed by atoms with Crippen molar-refractivity contribution in [1.82, 2.24) is 4.57 Å².